The first kappa shape index (κ1) is 21.2. The van der Waals surface area contributed by atoms with Crippen molar-refractivity contribution >= 4 is 38.9 Å². The number of amides is 1. The van der Waals surface area contributed by atoms with E-state index in [-0.39, 0.29) is 24.2 Å². The van der Waals surface area contributed by atoms with Crippen molar-refractivity contribution in [2.45, 2.75) is 32.7 Å². The average Bonchev–Trinajstić information content (AvgIpc) is 3.05. The molecule has 1 aromatic heterocycles. The number of nitrogens with zero attached hydrogens (tertiary/aromatic N) is 1. The Morgan fingerprint density at radius 3 is 2.73 bits per heavy atom. The molecule has 6 heteroatoms. The summed E-state index contributed by atoms with van der Waals surface area (Å²) >= 11 is 5.09. The molecule has 2 heterocycles. The lowest BCUT2D eigenvalue weighted by atomic mass is 9.91. The fourth-order valence-corrected chi connectivity index (χ4v) is 6.09. The Bertz CT molecular complexity index is 1070. The summed E-state index contributed by atoms with van der Waals surface area (Å²) in [7, 11) is 0. The smallest absolute Gasteiger partial charge is 0.238 e. The van der Waals surface area contributed by atoms with E-state index in [4.69, 9.17) is 0 Å². The van der Waals surface area contributed by atoms with Gasteiger partial charge in [-0.25, -0.2) is 4.39 Å². The second-order valence-corrected chi connectivity index (χ2v) is 9.71. The Morgan fingerprint density at radius 1 is 1.27 bits per heavy atom. The molecule has 1 N–H and O–H groups in total. The fraction of sp³-hybridized carbons (Fsp3) is 0.292. The molecule has 1 atom stereocenters. The Labute approximate surface area is 189 Å². The maximum Gasteiger partial charge on any atom is 0.238 e. The van der Waals surface area contributed by atoms with Gasteiger partial charge >= 0.3 is 0 Å². The van der Waals surface area contributed by atoms with Gasteiger partial charge in [0.1, 0.15) is 5.82 Å². The minimum atomic E-state index is -0.445. The molecule has 0 fully saturated rings. The number of halogens is 2. The van der Waals surface area contributed by atoms with Crippen LogP contribution in [-0.2, 0) is 17.6 Å². The molecule has 3 aromatic rings. The van der Waals surface area contributed by atoms with E-state index < -0.39 is 5.82 Å². The zero-order valence-electron chi connectivity index (χ0n) is 17.0. The minimum Gasteiger partial charge on any atom is -0.322 e. The molecular weight excluding hydrogens is 463 g/mol. The van der Waals surface area contributed by atoms with Gasteiger partial charge in [-0.2, -0.15) is 0 Å². The maximum absolute atomic E-state index is 14.2. The van der Waals surface area contributed by atoms with Gasteiger partial charge in [-0.05, 0) is 54.7 Å². The number of carbonyl (C=O) groups is 1. The molecule has 1 aliphatic heterocycles. The molecule has 0 radical (unpaired) electrons. The van der Waals surface area contributed by atoms with Crippen LogP contribution in [-0.4, -0.2) is 23.9 Å². The molecule has 3 nitrogen and oxygen atoms in total. The normalized spacial score (nSPS) is 16.3. The number of rotatable bonds is 5. The van der Waals surface area contributed by atoms with E-state index in [1.54, 1.807) is 12.1 Å². The van der Waals surface area contributed by atoms with E-state index in [2.05, 4.69) is 52.1 Å². The van der Waals surface area contributed by atoms with Gasteiger partial charge in [0.2, 0.25) is 5.91 Å². The Kier molecular flexibility index (Phi) is 6.37. The summed E-state index contributed by atoms with van der Waals surface area (Å²) in [6.45, 7) is 5.41. The number of fused-ring (bicyclic) bond motifs is 1. The topological polar surface area (TPSA) is 32.3 Å². The van der Waals surface area contributed by atoms with Gasteiger partial charge in [-0.15, -0.1) is 11.3 Å². The lowest BCUT2D eigenvalue weighted by molar-refractivity contribution is -0.117. The molecule has 30 heavy (non-hydrogen) atoms. The number of thiophene rings is 1. The highest BCUT2D eigenvalue weighted by atomic mass is 79.9. The van der Waals surface area contributed by atoms with Crippen LogP contribution in [0.2, 0.25) is 0 Å². The number of hydrogen-bond donors (Lipinski definition) is 1. The molecule has 4 rings (SSSR count). The van der Waals surface area contributed by atoms with E-state index in [0.717, 1.165) is 19.4 Å². The predicted molar refractivity (Wildman–Crippen MR) is 125 cm³/mol. The molecule has 1 aliphatic rings. The van der Waals surface area contributed by atoms with Crippen molar-refractivity contribution in [3.63, 3.8) is 0 Å². The van der Waals surface area contributed by atoms with Crippen LogP contribution in [0.5, 0.6) is 0 Å². The second kappa shape index (κ2) is 9.00. The summed E-state index contributed by atoms with van der Waals surface area (Å²) in [6, 6.07) is 15.0. The van der Waals surface area contributed by atoms with E-state index in [1.807, 2.05) is 29.5 Å². The van der Waals surface area contributed by atoms with Crippen LogP contribution in [0.15, 0.2) is 53.0 Å². The number of hydrogen-bond acceptors (Lipinski definition) is 3. The van der Waals surface area contributed by atoms with Crippen LogP contribution in [0.3, 0.4) is 0 Å². The molecular formula is C24H24BrFN2OS. The van der Waals surface area contributed by atoms with Crippen LogP contribution >= 0.6 is 27.3 Å². The van der Waals surface area contributed by atoms with Crippen LogP contribution in [0, 0.1) is 12.7 Å². The first-order chi connectivity index (χ1) is 14.5. The summed E-state index contributed by atoms with van der Waals surface area (Å²) in [5.74, 6) is -0.649. The first-order valence-corrected chi connectivity index (χ1v) is 11.7. The summed E-state index contributed by atoms with van der Waals surface area (Å²) in [5.41, 5.74) is 4.30. The van der Waals surface area contributed by atoms with Gasteiger partial charge in [-0.1, -0.05) is 53.2 Å². The highest BCUT2D eigenvalue weighted by Gasteiger charge is 2.33. The zero-order valence-corrected chi connectivity index (χ0v) is 19.4. The van der Waals surface area contributed by atoms with Crippen molar-refractivity contribution < 1.29 is 9.18 Å². The maximum atomic E-state index is 14.2. The predicted octanol–water partition coefficient (Wildman–Crippen LogP) is 6.11. The SMILES string of the molecule is CCc1c(C)sc2c1CCN(CC(=O)Nc1ccc(Br)cc1F)[C@@H]2c1ccccc1. The monoisotopic (exact) mass is 486 g/mol. The van der Waals surface area contributed by atoms with Crippen molar-refractivity contribution in [3.05, 3.63) is 85.3 Å². The third-order valence-corrected chi connectivity index (χ3v) is 7.37. The standard InChI is InChI=1S/C24H24BrFN2OS/c1-3-18-15(2)30-24-19(18)11-12-28(23(24)16-7-5-4-6-8-16)14-22(29)27-21-10-9-17(25)13-20(21)26/h4-10,13,23H,3,11-12,14H2,1-2H3,(H,27,29)/t23-/m1/s1. The van der Waals surface area contributed by atoms with Gasteiger partial charge in [0.15, 0.2) is 0 Å². The van der Waals surface area contributed by atoms with Crippen LogP contribution < -0.4 is 5.32 Å². The van der Waals surface area contributed by atoms with Crippen LogP contribution in [0.4, 0.5) is 10.1 Å². The van der Waals surface area contributed by atoms with Crippen LogP contribution in [0.25, 0.3) is 0 Å². The molecule has 1 amide bonds. The van der Waals surface area contributed by atoms with E-state index in [9.17, 15) is 9.18 Å². The highest BCUT2D eigenvalue weighted by molar-refractivity contribution is 9.10. The third-order valence-electron chi connectivity index (χ3n) is 5.63. The quantitative estimate of drug-likeness (QED) is 0.471. The van der Waals surface area contributed by atoms with Crippen molar-refractivity contribution in [2.24, 2.45) is 0 Å². The van der Waals surface area contributed by atoms with Crippen molar-refractivity contribution in [2.75, 3.05) is 18.4 Å². The second-order valence-electron chi connectivity index (χ2n) is 7.54. The number of benzene rings is 2. The summed E-state index contributed by atoms with van der Waals surface area (Å²) in [4.78, 5) is 17.7. The molecule has 0 aliphatic carbocycles. The number of anilines is 1. The molecule has 156 valence electrons. The first-order valence-electron chi connectivity index (χ1n) is 10.1. The summed E-state index contributed by atoms with van der Waals surface area (Å²) in [5, 5.41) is 2.74. The third kappa shape index (κ3) is 4.22. The van der Waals surface area contributed by atoms with Gasteiger partial charge in [-0.3, -0.25) is 9.69 Å². The summed E-state index contributed by atoms with van der Waals surface area (Å²) in [6.07, 6.45) is 1.97. The van der Waals surface area contributed by atoms with Gasteiger partial charge < -0.3 is 5.32 Å². The Balaban J connectivity index is 1.62. The largest absolute Gasteiger partial charge is 0.322 e. The van der Waals surface area contributed by atoms with Crippen LogP contribution in [0.1, 0.15) is 39.4 Å². The van der Waals surface area contributed by atoms with Crippen molar-refractivity contribution in [1.29, 1.82) is 0 Å². The zero-order chi connectivity index (χ0) is 21.3. The summed E-state index contributed by atoms with van der Waals surface area (Å²) < 4.78 is 14.8. The van der Waals surface area contributed by atoms with E-state index in [0.29, 0.717) is 4.47 Å². The lowest BCUT2D eigenvalue weighted by Crippen LogP contribution is -2.40. The van der Waals surface area contributed by atoms with Gasteiger partial charge in [0, 0.05) is 20.8 Å². The fourth-order valence-electron chi connectivity index (χ4n) is 4.29. The Hall–Kier alpha value is -2.02. The molecule has 0 saturated heterocycles. The molecule has 0 spiro atoms. The molecule has 0 unspecified atom stereocenters. The number of aryl methyl sites for hydroxylation is 1. The minimum absolute atomic E-state index is 0.0412. The number of carbonyl (C=O) groups excluding carboxylic acids is 1. The lowest BCUT2D eigenvalue weighted by Gasteiger charge is -2.36. The average molecular weight is 487 g/mol. The van der Waals surface area contributed by atoms with Gasteiger partial charge in [0.25, 0.3) is 0 Å². The molecule has 0 bridgehead atoms. The Morgan fingerprint density at radius 2 is 2.03 bits per heavy atom. The van der Waals surface area contributed by atoms with Crippen molar-refractivity contribution in [3.8, 4) is 0 Å². The molecule has 0 saturated carbocycles. The highest BCUT2D eigenvalue weighted by Crippen LogP contribution is 2.42. The molecule has 2 aromatic carbocycles. The number of nitrogens with one attached hydrogen (secondary N) is 1. The van der Waals surface area contributed by atoms with E-state index in [1.165, 1.54) is 32.5 Å². The van der Waals surface area contributed by atoms with Crippen molar-refractivity contribution in [1.82, 2.24) is 4.90 Å². The van der Waals surface area contributed by atoms with E-state index >= 15 is 0 Å². The van der Waals surface area contributed by atoms with Gasteiger partial charge in [0.05, 0.1) is 18.3 Å².